The highest BCUT2D eigenvalue weighted by atomic mass is 19.1. The molecule has 3 aliphatic heterocycles. The number of amides is 3. The van der Waals surface area contributed by atoms with Crippen LogP contribution in [0, 0.1) is 11.6 Å². The molecular weight excluding hydrogens is 666 g/mol. The molecule has 52 heavy (non-hydrogen) atoms. The van der Waals surface area contributed by atoms with E-state index in [1.807, 2.05) is 17.0 Å². The monoisotopic (exact) mass is 712 g/mol. The molecule has 5 heterocycles. The van der Waals surface area contributed by atoms with Gasteiger partial charge in [-0.05, 0) is 80.6 Å². The maximum absolute atomic E-state index is 14.6. The van der Waals surface area contributed by atoms with Gasteiger partial charge in [0.15, 0.2) is 5.65 Å². The van der Waals surface area contributed by atoms with E-state index in [-0.39, 0.29) is 29.8 Å². The van der Waals surface area contributed by atoms with E-state index < -0.39 is 11.6 Å². The highest BCUT2D eigenvalue weighted by Crippen LogP contribution is 2.37. The molecule has 4 aromatic rings. The molecule has 11 nitrogen and oxygen atoms in total. The van der Waals surface area contributed by atoms with Gasteiger partial charge >= 0.3 is 0 Å². The number of benzene rings is 2. The van der Waals surface area contributed by atoms with Crippen LogP contribution < -0.4 is 20.9 Å². The molecule has 7 rings (SSSR count). The van der Waals surface area contributed by atoms with E-state index in [1.165, 1.54) is 37.1 Å². The second-order valence-electron chi connectivity index (χ2n) is 14.2. The van der Waals surface area contributed by atoms with E-state index in [4.69, 9.17) is 4.98 Å². The van der Waals surface area contributed by atoms with Gasteiger partial charge in [0.25, 0.3) is 5.91 Å². The zero-order chi connectivity index (χ0) is 36.0. The number of aromatic nitrogens is 3. The molecule has 0 bridgehead atoms. The van der Waals surface area contributed by atoms with Crippen molar-refractivity contribution in [2.24, 2.45) is 0 Å². The average molecular weight is 713 g/mol. The Balaban J connectivity index is 0.771. The first kappa shape index (κ1) is 35.5. The fourth-order valence-electron chi connectivity index (χ4n) is 7.63. The van der Waals surface area contributed by atoms with Gasteiger partial charge in [-0.2, -0.15) is 5.10 Å². The number of unbranched alkanes of at least 4 members (excludes halogenated alkanes) is 5. The lowest BCUT2D eigenvalue weighted by Crippen LogP contribution is -2.47. The normalized spacial score (nSPS) is 19.5. The van der Waals surface area contributed by atoms with E-state index in [0.29, 0.717) is 60.9 Å². The van der Waals surface area contributed by atoms with Crippen molar-refractivity contribution in [2.75, 3.05) is 42.9 Å². The second-order valence-corrected chi connectivity index (χ2v) is 14.2. The summed E-state index contributed by atoms with van der Waals surface area (Å²) in [5.74, 6) is -0.449. The Hall–Kier alpha value is -4.91. The van der Waals surface area contributed by atoms with Gasteiger partial charge in [0.2, 0.25) is 11.8 Å². The molecule has 2 aromatic carbocycles. The van der Waals surface area contributed by atoms with Crippen molar-refractivity contribution in [3.05, 3.63) is 89.2 Å². The Morgan fingerprint density at radius 1 is 0.942 bits per heavy atom. The van der Waals surface area contributed by atoms with Gasteiger partial charge in [-0.1, -0.05) is 37.8 Å². The number of nitrogens with zero attached hydrogens (tertiary/aromatic N) is 5. The van der Waals surface area contributed by atoms with E-state index in [1.54, 1.807) is 16.8 Å². The molecule has 0 spiro atoms. The number of halogens is 2. The summed E-state index contributed by atoms with van der Waals surface area (Å²) in [5, 5.41) is 12.9. The zero-order valence-electron chi connectivity index (χ0n) is 29.3. The fraction of sp³-hybridized carbons (Fsp3) is 0.462. The van der Waals surface area contributed by atoms with Crippen molar-refractivity contribution in [1.29, 1.82) is 0 Å². The zero-order valence-corrected chi connectivity index (χ0v) is 29.3. The minimum atomic E-state index is -0.469. The first-order valence-electron chi connectivity index (χ1n) is 18.6. The third-order valence-electron chi connectivity index (χ3n) is 10.6. The molecule has 2 atom stereocenters. The molecule has 274 valence electrons. The summed E-state index contributed by atoms with van der Waals surface area (Å²) in [7, 11) is 0. The highest BCUT2D eigenvalue weighted by Gasteiger charge is 2.31. The predicted molar refractivity (Wildman–Crippen MR) is 194 cm³/mol. The lowest BCUT2D eigenvalue weighted by Gasteiger charge is -2.39. The molecule has 3 saturated heterocycles. The first-order chi connectivity index (χ1) is 25.3. The number of fused-ring (bicyclic) bond motifs is 1. The minimum absolute atomic E-state index is 0.207. The van der Waals surface area contributed by atoms with Crippen LogP contribution in [0.4, 0.5) is 20.3 Å². The van der Waals surface area contributed by atoms with Gasteiger partial charge in [-0.3, -0.25) is 19.7 Å². The van der Waals surface area contributed by atoms with Crippen LogP contribution in [0.1, 0.15) is 97.7 Å². The molecule has 13 heteroatoms. The predicted octanol–water partition coefficient (Wildman–Crippen LogP) is 5.74. The summed E-state index contributed by atoms with van der Waals surface area (Å²) >= 11 is 0. The van der Waals surface area contributed by atoms with Crippen LogP contribution in [-0.2, 0) is 9.59 Å². The van der Waals surface area contributed by atoms with Gasteiger partial charge in [-0.25, -0.2) is 18.3 Å². The summed E-state index contributed by atoms with van der Waals surface area (Å²) in [6.45, 7) is 4.47. The molecule has 3 fully saturated rings. The summed E-state index contributed by atoms with van der Waals surface area (Å²) in [4.78, 5) is 45.7. The Morgan fingerprint density at radius 3 is 2.54 bits per heavy atom. The number of anilines is 2. The number of carbonyl (C=O) groups is 3. The van der Waals surface area contributed by atoms with Crippen LogP contribution in [0.5, 0.6) is 0 Å². The third kappa shape index (κ3) is 8.25. The van der Waals surface area contributed by atoms with E-state index >= 15 is 0 Å². The van der Waals surface area contributed by atoms with Gasteiger partial charge in [-0.15, -0.1) is 0 Å². The summed E-state index contributed by atoms with van der Waals surface area (Å²) < 4.78 is 30.1. The second kappa shape index (κ2) is 16.2. The Bertz CT molecular complexity index is 1890. The number of nitrogens with one attached hydrogen (secondary N) is 3. The molecular formula is C39H46F2N8O3. The van der Waals surface area contributed by atoms with Crippen molar-refractivity contribution in [1.82, 2.24) is 30.1 Å². The molecule has 0 saturated carbocycles. The highest BCUT2D eigenvalue weighted by molar-refractivity contribution is 6.01. The SMILES string of the molecule is O=C1CCC(Nc2ccc(C3CN(CCCCCCCCNC(=O)c4cnn5ccc(N6CCC[C@@H]6c6cc(F)ccc6F)nc45)C3)cc2)C(=O)N1. The van der Waals surface area contributed by atoms with Gasteiger partial charge in [0, 0.05) is 56.0 Å². The standard InChI is InChI=1S/C39H46F2N8O3/c40-28-11-14-32(41)30(22-28)34-8-7-20-48(34)35-17-21-49-37(45-35)31(23-43-49)38(51)42-18-5-3-1-2-4-6-19-47-24-27(25-47)26-9-12-29(13-10-26)44-33-15-16-36(50)46-39(33)52/h9-14,17,21-23,27,33-34,44H,1-8,15-16,18-20,24-25H2,(H,42,51)(H,46,50,52)/t33?,34-/m1/s1. The lowest BCUT2D eigenvalue weighted by molar-refractivity contribution is -0.133. The summed E-state index contributed by atoms with van der Waals surface area (Å²) in [6, 6.07) is 13.0. The van der Waals surface area contributed by atoms with Crippen LogP contribution in [0.15, 0.2) is 60.9 Å². The maximum Gasteiger partial charge on any atom is 0.256 e. The topological polar surface area (TPSA) is 124 Å². The first-order valence-corrected chi connectivity index (χ1v) is 18.6. The molecule has 0 radical (unpaired) electrons. The smallest absolute Gasteiger partial charge is 0.256 e. The van der Waals surface area contributed by atoms with Crippen molar-refractivity contribution in [2.45, 2.75) is 82.2 Å². The van der Waals surface area contributed by atoms with Crippen molar-refractivity contribution in [3.8, 4) is 0 Å². The summed E-state index contributed by atoms with van der Waals surface area (Å²) in [5.41, 5.74) is 3.36. The molecule has 0 aliphatic carbocycles. The lowest BCUT2D eigenvalue weighted by atomic mass is 9.91. The molecule has 3 amide bonds. The molecule has 1 unspecified atom stereocenters. The number of hydrogen-bond donors (Lipinski definition) is 3. The third-order valence-corrected chi connectivity index (χ3v) is 10.6. The number of piperidine rings is 1. The minimum Gasteiger partial charge on any atom is -0.374 e. The van der Waals surface area contributed by atoms with Crippen LogP contribution in [-0.4, -0.2) is 76.0 Å². The van der Waals surface area contributed by atoms with Crippen LogP contribution in [0.25, 0.3) is 5.65 Å². The van der Waals surface area contributed by atoms with Gasteiger partial charge in [0.1, 0.15) is 29.1 Å². The number of likely N-dealkylation sites (tertiary alicyclic amines) is 1. The average Bonchev–Trinajstić information content (AvgIpc) is 3.78. The van der Waals surface area contributed by atoms with Gasteiger partial charge in [0.05, 0.1) is 12.2 Å². The Kier molecular flexibility index (Phi) is 11.0. The molecule has 3 aliphatic rings. The van der Waals surface area contributed by atoms with Crippen molar-refractivity contribution < 1.29 is 23.2 Å². The Labute approximate surface area is 302 Å². The fourth-order valence-corrected chi connectivity index (χ4v) is 7.63. The Morgan fingerprint density at radius 2 is 1.73 bits per heavy atom. The van der Waals surface area contributed by atoms with E-state index in [0.717, 1.165) is 63.1 Å². The number of rotatable bonds is 15. The van der Waals surface area contributed by atoms with E-state index in [9.17, 15) is 23.2 Å². The van der Waals surface area contributed by atoms with Crippen molar-refractivity contribution >= 4 is 34.9 Å². The maximum atomic E-state index is 14.6. The molecule has 2 aromatic heterocycles. The van der Waals surface area contributed by atoms with Crippen molar-refractivity contribution in [3.63, 3.8) is 0 Å². The van der Waals surface area contributed by atoms with Crippen LogP contribution in [0.2, 0.25) is 0 Å². The van der Waals surface area contributed by atoms with E-state index in [2.05, 4.69) is 38.1 Å². The van der Waals surface area contributed by atoms with Gasteiger partial charge < -0.3 is 20.4 Å². The number of hydrogen-bond acceptors (Lipinski definition) is 8. The largest absolute Gasteiger partial charge is 0.374 e. The summed E-state index contributed by atoms with van der Waals surface area (Å²) in [6.07, 6.45) is 12.3. The quantitative estimate of drug-likeness (QED) is 0.105. The number of imide groups is 1. The van der Waals surface area contributed by atoms with Crippen LogP contribution >= 0.6 is 0 Å². The number of carbonyl (C=O) groups excluding carboxylic acids is 3. The molecule has 3 N–H and O–H groups in total. The van der Waals surface area contributed by atoms with Crippen LogP contribution in [0.3, 0.4) is 0 Å².